The minimum Gasteiger partial charge on any atom is -0.389 e. The van der Waals surface area contributed by atoms with E-state index in [1.165, 1.54) is 25.3 Å². The first kappa shape index (κ1) is 15.2. The molecule has 5 heteroatoms. The Hall–Kier alpha value is -1.20. The molecule has 0 saturated heterocycles. The second kappa shape index (κ2) is 7.55. The summed E-state index contributed by atoms with van der Waals surface area (Å²) in [5.41, 5.74) is 6.46. The summed E-state index contributed by atoms with van der Waals surface area (Å²) in [5, 5.41) is 3.03. The molecule has 0 heterocycles. The predicted molar refractivity (Wildman–Crippen MR) is 83.6 cm³/mol. The molecule has 1 aliphatic rings. The summed E-state index contributed by atoms with van der Waals surface area (Å²) in [4.78, 5) is 0.205. The van der Waals surface area contributed by atoms with Crippen molar-refractivity contribution in [3.8, 4) is 0 Å². The second-order valence-corrected chi connectivity index (χ2v) is 5.56. The molecule has 0 amide bonds. The van der Waals surface area contributed by atoms with Crippen LogP contribution >= 0.6 is 12.2 Å². The summed E-state index contributed by atoms with van der Waals surface area (Å²) in [6, 6.07) is 4.73. The van der Waals surface area contributed by atoms with Crippen molar-refractivity contribution in [2.24, 2.45) is 5.73 Å². The van der Waals surface area contributed by atoms with E-state index in [0.717, 1.165) is 12.8 Å². The molecule has 0 aliphatic heterocycles. The third kappa shape index (κ3) is 4.42. The summed E-state index contributed by atoms with van der Waals surface area (Å²) in [5.74, 6) is -0.340. The summed E-state index contributed by atoms with van der Waals surface area (Å²) >= 11 is 4.81. The summed E-state index contributed by atoms with van der Waals surface area (Å²) < 4.78 is 19.6. The number of hydrogen-bond acceptors (Lipinski definition) is 3. The van der Waals surface area contributed by atoms with E-state index in [1.807, 2.05) is 0 Å². The largest absolute Gasteiger partial charge is 0.389 e. The van der Waals surface area contributed by atoms with Gasteiger partial charge in [-0.2, -0.15) is 0 Å². The maximum absolute atomic E-state index is 13.8. The number of nitrogens with two attached hydrogens (primary N) is 1. The molecule has 1 aliphatic carbocycles. The van der Waals surface area contributed by atoms with Gasteiger partial charge in [0.25, 0.3) is 0 Å². The van der Waals surface area contributed by atoms with Crippen LogP contribution < -0.4 is 11.1 Å². The van der Waals surface area contributed by atoms with Gasteiger partial charge in [-0.1, -0.05) is 31.5 Å². The Morgan fingerprint density at radius 2 is 2.10 bits per heavy atom. The molecule has 1 aromatic rings. The maximum atomic E-state index is 13.8. The Balaban J connectivity index is 1.74. The molecule has 0 radical (unpaired) electrons. The van der Waals surface area contributed by atoms with Crippen LogP contribution in [0.3, 0.4) is 0 Å². The Labute approximate surface area is 124 Å². The van der Waals surface area contributed by atoms with Crippen LogP contribution in [0.4, 0.5) is 10.1 Å². The molecule has 1 fully saturated rings. The van der Waals surface area contributed by atoms with Crippen LogP contribution in [0, 0.1) is 5.82 Å². The summed E-state index contributed by atoms with van der Waals surface area (Å²) in [6.45, 7) is 1.20. The van der Waals surface area contributed by atoms with Gasteiger partial charge < -0.3 is 15.8 Å². The third-order valence-corrected chi connectivity index (χ3v) is 3.81. The lowest BCUT2D eigenvalue weighted by molar-refractivity contribution is 0.0347. The maximum Gasteiger partial charge on any atom is 0.146 e. The average molecular weight is 296 g/mol. The predicted octanol–water partition coefficient (Wildman–Crippen LogP) is 3.22. The number of hydrogen-bond donors (Lipinski definition) is 2. The molecular formula is C15H21FN2OS. The Morgan fingerprint density at radius 1 is 1.35 bits per heavy atom. The average Bonchev–Trinajstić information content (AvgIpc) is 2.46. The normalized spacial score (nSPS) is 16.1. The van der Waals surface area contributed by atoms with Gasteiger partial charge in [-0.3, -0.25) is 0 Å². The van der Waals surface area contributed by atoms with Crippen molar-refractivity contribution in [3.63, 3.8) is 0 Å². The van der Waals surface area contributed by atoms with Crippen LogP contribution in [0.1, 0.15) is 37.7 Å². The number of nitrogens with one attached hydrogen (secondary N) is 1. The lowest BCUT2D eigenvalue weighted by atomic mass is 9.98. The molecule has 110 valence electrons. The number of benzene rings is 1. The quantitative estimate of drug-likeness (QED) is 0.625. The molecule has 0 atom stereocenters. The zero-order valence-corrected chi connectivity index (χ0v) is 12.3. The molecule has 0 unspecified atom stereocenters. The number of anilines is 1. The van der Waals surface area contributed by atoms with E-state index >= 15 is 0 Å². The zero-order chi connectivity index (χ0) is 14.4. The van der Waals surface area contributed by atoms with Crippen LogP contribution in [0.25, 0.3) is 0 Å². The second-order valence-electron chi connectivity index (χ2n) is 5.12. The number of thiocarbonyl (C=S) groups is 1. The van der Waals surface area contributed by atoms with Crippen molar-refractivity contribution >= 4 is 22.9 Å². The molecule has 0 aromatic heterocycles. The first-order valence-corrected chi connectivity index (χ1v) is 7.52. The van der Waals surface area contributed by atoms with Crippen LogP contribution in [0.2, 0.25) is 0 Å². The number of rotatable bonds is 6. The first-order valence-electron chi connectivity index (χ1n) is 7.11. The third-order valence-electron chi connectivity index (χ3n) is 3.58. The first-order chi connectivity index (χ1) is 9.66. The molecular weight excluding hydrogens is 275 g/mol. The van der Waals surface area contributed by atoms with Crippen LogP contribution in [0.5, 0.6) is 0 Å². The molecule has 2 rings (SSSR count). The molecule has 0 spiro atoms. The fourth-order valence-corrected chi connectivity index (χ4v) is 2.58. The van der Waals surface area contributed by atoms with Gasteiger partial charge in [0.05, 0.1) is 18.4 Å². The van der Waals surface area contributed by atoms with E-state index < -0.39 is 0 Å². The standard InChI is InChI=1S/C15H21FN2OS/c16-13-10-11(15(17)20)6-7-14(13)18-8-9-19-12-4-2-1-3-5-12/h6-7,10,12,18H,1-5,8-9H2,(H2,17,20). The minimum absolute atomic E-state index is 0.205. The van der Waals surface area contributed by atoms with Crippen molar-refractivity contribution < 1.29 is 9.13 Å². The summed E-state index contributed by atoms with van der Waals surface area (Å²) in [6.07, 6.45) is 6.51. The Morgan fingerprint density at radius 3 is 2.75 bits per heavy atom. The van der Waals surface area contributed by atoms with E-state index in [2.05, 4.69) is 5.32 Å². The van der Waals surface area contributed by atoms with Gasteiger partial charge in [-0.05, 0) is 31.0 Å². The van der Waals surface area contributed by atoms with Gasteiger partial charge in [0.2, 0.25) is 0 Å². The van der Waals surface area contributed by atoms with Gasteiger partial charge in [0.15, 0.2) is 0 Å². The highest BCUT2D eigenvalue weighted by Crippen LogP contribution is 2.20. The number of ether oxygens (including phenoxy) is 1. The fourth-order valence-electron chi connectivity index (χ4n) is 2.45. The molecule has 1 saturated carbocycles. The monoisotopic (exact) mass is 296 g/mol. The molecule has 1 aromatic carbocycles. The topological polar surface area (TPSA) is 47.3 Å². The highest BCUT2D eigenvalue weighted by molar-refractivity contribution is 7.80. The zero-order valence-electron chi connectivity index (χ0n) is 11.5. The van der Waals surface area contributed by atoms with Gasteiger partial charge in [-0.25, -0.2) is 4.39 Å². The fraction of sp³-hybridized carbons (Fsp3) is 0.533. The van der Waals surface area contributed by atoms with Crippen molar-refractivity contribution in [2.75, 3.05) is 18.5 Å². The molecule has 3 nitrogen and oxygen atoms in total. The van der Waals surface area contributed by atoms with E-state index in [-0.39, 0.29) is 10.8 Å². The Kier molecular flexibility index (Phi) is 5.73. The van der Waals surface area contributed by atoms with Gasteiger partial charge >= 0.3 is 0 Å². The van der Waals surface area contributed by atoms with Crippen LogP contribution in [-0.4, -0.2) is 24.2 Å². The van der Waals surface area contributed by atoms with Gasteiger partial charge in [-0.15, -0.1) is 0 Å². The van der Waals surface area contributed by atoms with E-state index in [9.17, 15) is 4.39 Å². The highest BCUT2D eigenvalue weighted by atomic mass is 32.1. The van der Waals surface area contributed by atoms with Gasteiger partial charge in [0, 0.05) is 12.1 Å². The molecule has 20 heavy (non-hydrogen) atoms. The van der Waals surface area contributed by atoms with Crippen LogP contribution in [0.15, 0.2) is 18.2 Å². The van der Waals surface area contributed by atoms with E-state index in [0.29, 0.717) is 30.5 Å². The molecule has 0 bridgehead atoms. The Bertz CT molecular complexity index is 461. The number of halogens is 1. The highest BCUT2D eigenvalue weighted by Gasteiger charge is 2.13. The molecule has 3 N–H and O–H groups in total. The van der Waals surface area contributed by atoms with Crippen molar-refractivity contribution in [1.82, 2.24) is 0 Å². The minimum atomic E-state index is -0.340. The van der Waals surface area contributed by atoms with Gasteiger partial charge in [0.1, 0.15) is 10.8 Å². The SMILES string of the molecule is NC(=S)c1ccc(NCCOC2CCCCC2)c(F)c1. The van der Waals surface area contributed by atoms with E-state index in [1.54, 1.807) is 12.1 Å². The lowest BCUT2D eigenvalue weighted by Gasteiger charge is -2.22. The van der Waals surface area contributed by atoms with E-state index in [4.69, 9.17) is 22.7 Å². The van der Waals surface area contributed by atoms with Crippen LogP contribution in [-0.2, 0) is 4.74 Å². The summed E-state index contributed by atoms with van der Waals surface area (Å²) in [7, 11) is 0. The van der Waals surface area contributed by atoms with Crippen molar-refractivity contribution in [3.05, 3.63) is 29.6 Å². The smallest absolute Gasteiger partial charge is 0.146 e. The van der Waals surface area contributed by atoms with Crippen molar-refractivity contribution in [2.45, 2.75) is 38.2 Å². The van der Waals surface area contributed by atoms with Crippen molar-refractivity contribution in [1.29, 1.82) is 0 Å². The lowest BCUT2D eigenvalue weighted by Crippen LogP contribution is -2.20.